The maximum Gasteiger partial charge on any atom is 0.187 e. The molecule has 128 valence electrons. The van der Waals surface area contributed by atoms with Gasteiger partial charge >= 0.3 is 0 Å². The van der Waals surface area contributed by atoms with Crippen LogP contribution in [-0.2, 0) is 0 Å². The highest BCUT2D eigenvalue weighted by Crippen LogP contribution is 2.34. The minimum absolute atomic E-state index is 0.0456. The fourth-order valence-corrected chi connectivity index (χ4v) is 2.71. The van der Waals surface area contributed by atoms with Crippen LogP contribution in [0.4, 0.5) is 15.9 Å². The smallest absolute Gasteiger partial charge is 0.187 e. The van der Waals surface area contributed by atoms with Gasteiger partial charge in [-0.1, -0.05) is 18.2 Å². The van der Waals surface area contributed by atoms with E-state index in [-0.39, 0.29) is 11.6 Å². The highest BCUT2D eigenvalue weighted by molar-refractivity contribution is 5.75. The minimum Gasteiger partial charge on any atom is -0.506 e. The van der Waals surface area contributed by atoms with E-state index in [1.165, 1.54) is 6.07 Å². The first kappa shape index (κ1) is 16.0. The van der Waals surface area contributed by atoms with E-state index < -0.39 is 0 Å². The van der Waals surface area contributed by atoms with E-state index in [4.69, 9.17) is 0 Å². The molecule has 4 aromatic rings. The number of halogens is 1. The van der Waals surface area contributed by atoms with Gasteiger partial charge in [0.15, 0.2) is 5.82 Å². The fraction of sp³-hybridized carbons (Fsp3) is 0.0500. The number of phenols is 1. The zero-order valence-electron chi connectivity index (χ0n) is 14.0. The average molecular weight is 346 g/mol. The molecule has 26 heavy (non-hydrogen) atoms. The number of pyridine rings is 1. The lowest BCUT2D eigenvalue weighted by molar-refractivity contribution is 0.476. The molecule has 4 rings (SSSR count). The third-order valence-electron chi connectivity index (χ3n) is 4.07. The highest BCUT2D eigenvalue weighted by atomic mass is 19.1. The third kappa shape index (κ3) is 2.82. The molecule has 0 fully saturated rings. The monoisotopic (exact) mass is 346 g/mol. The second-order valence-corrected chi connectivity index (χ2v) is 5.87. The largest absolute Gasteiger partial charge is 0.506 e. The number of aromatic nitrogens is 2. The number of nitrogens with zero attached hydrogens (tertiary/aromatic N) is 4. The second-order valence-electron chi connectivity index (χ2n) is 5.87. The van der Waals surface area contributed by atoms with Gasteiger partial charge in [0.2, 0.25) is 0 Å². The topological polar surface area (TPSA) is 62.2 Å². The van der Waals surface area contributed by atoms with Crippen LogP contribution in [0.2, 0.25) is 0 Å². The maximum absolute atomic E-state index is 13.6. The van der Waals surface area contributed by atoms with Crippen molar-refractivity contribution in [3.63, 3.8) is 0 Å². The van der Waals surface area contributed by atoms with Gasteiger partial charge in [-0.3, -0.25) is 4.40 Å². The summed E-state index contributed by atoms with van der Waals surface area (Å²) in [5.74, 6) is 0.286. The summed E-state index contributed by atoms with van der Waals surface area (Å²) < 4.78 is 15.4. The van der Waals surface area contributed by atoms with E-state index in [1.807, 2.05) is 24.4 Å². The van der Waals surface area contributed by atoms with Gasteiger partial charge in [0.05, 0.1) is 0 Å². The Hall–Kier alpha value is -3.54. The highest BCUT2D eigenvalue weighted by Gasteiger charge is 2.15. The molecule has 0 aliphatic carbocycles. The van der Waals surface area contributed by atoms with Crippen LogP contribution in [0, 0.1) is 12.7 Å². The first-order valence-corrected chi connectivity index (χ1v) is 8.07. The van der Waals surface area contributed by atoms with Crippen molar-refractivity contribution in [1.29, 1.82) is 0 Å². The molecule has 0 bridgehead atoms. The predicted molar refractivity (Wildman–Crippen MR) is 97.6 cm³/mol. The molecule has 0 unspecified atom stereocenters. The predicted octanol–water partition coefficient (Wildman–Crippen LogP) is 5.57. The quantitative estimate of drug-likeness (QED) is 0.493. The zero-order chi connectivity index (χ0) is 18.1. The Balaban J connectivity index is 1.89. The van der Waals surface area contributed by atoms with Gasteiger partial charge in [-0.05, 0) is 55.0 Å². The second kappa shape index (κ2) is 6.40. The van der Waals surface area contributed by atoms with Gasteiger partial charge in [0, 0.05) is 11.8 Å². The molecule has 0 saturated carbocycles. The molecule has 0 amide bonds. The van der Waals surface area contributed by atoms with Crippen LogP contribution in [0.5, 0.6) is 5.75 Å². The molecule has 0 spiro atoms. The molecule has 2 heterocycles. The van der Waals surface area contributed by atoms with E-state index >= 15 is 0 Å². The van der Waals surface area contributed by atoms with Crippen LogP contribution in [0.1, 0.15) is 5.56 Å². The molecule has 2 aromatic heterocycles. The summed E-state index contributed by atoms with van der Waals surface area (Å²) in [5.41, 5.74) is 2.94. The minimum atomic E-state index is -0.269. The molecule has 0 saturated heterocycles. The van der Waals surface area contributed by atoms with Crippen molar-refractivity contribution in [2.45, 2.75) is 6.92 Å². The number of para-hydroxylation sites is 1. The lowest BCUT2D eigenvalue weighted by Crippen LogP contribution is -1.85. The van der Waals surface area contributed by atoms with Crippen LogP contribution in [0.25, 0.3) is 16.9 Å². The first-order valence-electron chi connectivity index (χ1n) is 8.07. The summed E-state index contributed by atoms with van der Waals surface area (Å²) in [7, 11) is 0. The molecule has 0 atom stereocenters. The zero-order valence-corrected chi connectivity index (χ0v) is 14.0. The van der Waals surface area contributed by atoms with Crippen molar-refractivity contribution in [2.24, 2.45) is 10.2 Å². The average Bonchev–Trinajstić information content (AvgIpc) is 3.02. The number of aromatic hydroxyl groups is 1. The summed E-state index contributed by atoms with van der Waals surface area (Å²) >= 11 is 0. The Morgan fingerprint density at radius 1 is 1.00 bits per heavy atom. The Kier molecular flexibility index (Phi) is 3.93. The lowest BCUT2D eigenvalue weighted by atomic mass is 10.1. The molecule has 0 aliphatic rings. The molecular weight excluding hydrogens is 331 g/mol. The summed E-state index contributed by atoms with van der Waals surface area (Å²) in [6.45, 7) is 1.71. The fourth-order valence-electron chi connectivity index (χ4n) is 2.71. The Morgan fingerprint density at radius 3 is 2.62 bits per heavy atom. The molecule has 1 N–H and O–H groups in total. The number of phenolic OH excluding ortho intramolecular Hbond substituents is 1. The summed E-state index contributed by atoms with van der Waals surface area (Å²) in [4.78, 5) is 4.61. The van der Waals surface area contributed by atoms with Gasteiger partial charge in [-0.2, -0.15) is 0 Å². The standard InChI is InChI=1S/C20H15FN4O/c1-13-12-14(9-10-15(13)21)19-20(25-11-5-4-8-18(25)22-19)24-23-16-6-2-3-7-17(16)26/h2-12,26H,1H3. The molecule has 0 radical (unpaired) electrons. The van der Waals surface area contributed by atoms with E-state index in [1.54, 1.807) is 47.7 Å². The first-order chi connectivity index (χ1) is 12.6. The molecular formula is C20H15FN4O. The van der Waals surface area contributed by atoms with Gasteiger partial charge < -0.3 is 5.11 Å². The van der Waals surface area contributed by atoms with Gasteiger partial charge in [0.1, 0.15) is 28.6 Å². The Bertz CT molecular complexity index is 1130. The maximum atomic E-state index is 13.6. The number of imidazole rings is 1. The summed E-state index contributed by atoms with van der Waals surface area (Å²) in [6, 6.07) is 17.1. The van der Waals surface area contributed by atoms with Crippen LogP contribution >= 0.6 is 0 Å². The van der Waals surface area contributed by atoms with E-state index in [0.29, 0.717) is 28.4 Å². The SMILES string of the molecule is Cc1cc(-c2nc3ccccn3c2N=Nc2ccccc2O)ccc1F. The lowest BCUT2D eigenvalue weighted by Gasteiger charge is -2.02. The van der Waals surface area contributed by atoms with Gasteiger partial charge in [-0.25, -0.2) is 9.37 Å². The number of aryl methyl sites for hydroxylation is 1. The van der Waals surface area contributed by atoms with Crippen molar-refractivity contribution in [2.75, 3.05) is 0 Å². The van der Waals surface area contributed by atoms with Crippen LogP contribution < -0.4 is 0 Å². The van der Waals surface area contributed by atoms with E-state index in [0.717, 1.165) is 5.56 Å². The van der Waals surface area contributed by atoms with Crippen LogP contribution in [0.3, 0.4) is 0 Å². The number of benzene rings is 2. The van der Waals surface area contributed by atoms with Crippen molar-refractivity contribution in [3.8, 4) is 17.0 Å². The van der Waals surface area contributed by atoms with Crippen molar-refractivity contribution < 1.29 is 9.50 Å². The number of fused-ring (bicyclic) bond motifs is 1. The van der Waals surface area contributed by atoms with Crippen LogP contribution in [0.15, 0.2) is 77.1 Å². The van der Waals surface area contributed by atoms with Gasteiger partial charge in [-0.15, -0.1) is 10.2 Å². The van der Waals surface area contributed by atoms with E-state index in [2.05, 4.69) is 15.2 Å². The van der Waals surface area contributed by atoms with Crippen molar-refractivity contribution >= 4 is 17.2 Å². The van der Waals surface area contributed by atoms with E-state index in [9.17, 15) is 9.50 Å². The Labute approximate surface area is 149 Å². The van der Waals surface area contributed by atoms with Crippen LogP contribution in [-0.4, -0.2) is 14.5 Å². The van der Waals surface area contributed by atoms with Crippen molar-refractivity contribution in [1.82, 2.24) is 9.38 Å². The summed E-state index contributed by atoms with van der Waals surface area (Å²) in [6.07, 6.45) is 1.83. The number of azo groups is 1. The summed E-state index contributed by atoms with van der Waals surface area (Å²) in [5, 5.41) is 18.4. The third-order valence-corrected chi connectivity index (χ3v) is 4.07. The normalized spacial score (nSPS) is 11.5. The molecule has 6 heteroatoms. The molecule has 5 nitrogen and oxygen atoms in total. The Morgan fingerprint density at radius 2 is 1.81 bits per heavy atom. The number of rotatable bonds is 3. The number of hydrogen-bond acceptors (Lipinski definition) is 4. The molecule has 0 aliphatic heterocycles. The van der Waals surface area contributed by atoms with Crippen molar-refractivity contribution in [3.05, 3.63) is 78.2 Å². The van der Waals surface area contributed by atoms with Gasteiger partial charge in [0.25, 0.3) is 0 Å². The molecule has 2 aromatic carbocycles. The number of hydrogen-bond donors (Lipinski definition) is 1.